The Morgan fingerprint density at radius 2 is 1.89 bits per heavy atom. The summed E-state index contributed by atoms with van der Waals surface area (Å²) in [5, 5.41) is 0. The number of methoxy groups -OCH3 is 1. The molecule has 0 saturated carbocycles. The summed E-state index contributed by atoms with van der Waals surface area (Å²) >= 11 is 0. The molecule has 0 aliphatic rings. The van der Waals surface area contributed by atoms with Gasteiger partial charge < -0.3 is 14.9 Å². The van der Waals surface area contributed by atoms with Crippen LogP contribution in [0.5, 0.6) is 17.4 Å². The minimum Gasteiger partial charge on any atom is -0.489 e. The van der Waals surface area contributed by atoms with Crippen molar-refractivity contribution >= 4 is 5.82 Å². The lowest BCUT2D eigenvalue weighted by molar-refractivity contribution is 0.369. The Morgan fingerprint density at radius 3 is 2.50 bits per heavy atom. The first-order valence-electron chi connectivity index (χ1n) is 5.34. The Hall–Kier alpha value is -2.34. The number of anilines is 1. The summed E-state index contributed by atoms with van der Waals surface area (Å²) in [7, 11) is 1.50. The zero-order valence-corrected chi connectivity index (χ0v) is 10.2. The molecule has 0 bridgehead atoms. The highest BCUT2D eigenvalue weighted by atomic mass is 16.5. The molecule has 1 heterocycles. The number of aryl methyl sites for hydroxylation is 1. The summed E-state index contributed by atoms with van der Waals surface area (Å²) in [5.74, 6) is 7.04. The van der Waals surface area contributed by atoms with E-state index in [1.165, 1.54) is 13.4 Å². The second kappa shape index (κ2) is 5.33. The van der Waals surface area contributed by atoms with Crippen molar-refractivity contribution in [2.24, 2.45) is 5.84 Å². The summed E-state index contributed by atoms with van der Waals surface area (Å²) < 4.78 is 10.8. The van der Waals surface area contributed by atoms with Gasteiger partial charge in [-0.3, -0.25) is 0 Å². The van der Waals surface area contributed by atoms with Crippen molar-refractivity contribution in [3.8, 4) is 17.4 Å². The lowest BCUT2D eigenvalue weighted by Crippen LogP contribution is -2.10. The lowest BCUT2D eigenvalue weighted by atomic mass is 10.2. The molecule has 1 aromatic heterocycles. The smallest absolute Gasteiger partial charge is 0.268 e. The number of benzene rings is 1. The maximum absolute atomic E-state index is 5.63. The zero-order valence-electron chi connectivity index (χ0n) is 10.2. The van der Waals surface area contributed by atoms with Crippen LogP contribution in [0.25, 0.3) is 0 Å². The number of nitrogens with two attached hydrogens (primary N) is 1. The molecule has 3 N–H and O–H groups in total. The molecular formula is C12H14N4O2. The van der Waals surface area contributed by atoms with E-state index in [-0.39, 0.29) is 0 Å². The summed E-state index contributed by atoms with van der Waals surface area (Å²) in [6.07, 6.45) is 1.35. The Labute approximate surface area is 105 Å². The van der Waals surface area contributed by atoms with Gasteiger partial charge in [0.05, 0.1) is 7.11 Å². The molecule has 6 heteroatoms. The standard InChI is InChI=1S/C12H14N4O2/c1-8-3-5-9(6-4-8)18-12-10(17-2)11(16-13)14-7-15-12/h3-7H,13H2,1-2H3,(H,14,15,16). The molecule has 0 saturated heterocycles. The molecule has 0 unspecified atom stereocenters. The fourth-order valence-electron chi connectivity index (χ4n) is 1.44. The third-order valence-electron chi connectivity index (χ3n) is 2.35. The monoisotopic (exact) mass is 246 g/mol. The van der Waals surface area contributed by atoms with Crippen LogP contribution in [0.2, 0.25) is 0 Å². The summed E-state index contributed by atoms with van der Waals surface area (Å²) in [5.41, 5.74) is 3.58. The third-order valence-corrected chi connectivity index (χ3v) is 2.35. The molecule has 18 heavy (non-hydrogen) atoms. The zero-order chi connectivity index (χ0) is 13.0. The van der Waals surface area contributed by atoms with Crippen LogP contribution in [0.4, 0.5) is 5.82 Å². The first kappa shape index (κ1) is 12.1. The van der Waals surface area contributed by atoms with E-state index in [1.807, 2.05) is 31.2 Å². The predicted octanol–water partition coefficient (Wildman–Crippen LogP) is 1.87. The van der Waals surface area contributed by atoms with E-state index < -0.39 is 0 Å². The van der Waals surface area contributed by atoms with E-state index >= 15 is 0 Å². The highest BCUT2D eigenvalue weighted by Crippen LogP contribution is 2.33. The maximum atomic E-state index is 5.63. The molecule has 94 valence electrons. The van der Waals surface area contributed by atoms with Gasteiger partial charge in [0.15, 0.2) is 5.82 Å². The minimum atomic E-state index is 0.310. The Balaban J connectivity index is 2.31. The van der Waals surface area contributed by atoms with E-state index in [4.69, 9.17) is 15.3 Å². The Morgan fingerprint density at radius 1 is 1.17 bits per heavy atom. The molecule has 0 atom stereocenters. The Kier molecular flexibility index (Phi) is 3.59. The van der Waals surface area contributed by atoms with Crippen LogP contribution >= 0.6 is 0 Å². The van der Waals surface area contributed by atoms with Crippen LogP contribution in [0.3, 0.4) is 0 Å². The minimum absolute atomic E-state index is 0.310. The molecule has 0 spiro atoms. The van der Waals surface area contributed by atoms with Gasteiger partial charge in [-0.2, -0.15) is 4.98 Å². The van der Waals surface area contributed by atoms with Gasteiger partial charge in [-0.1, -0.05) is 17.7 Å². The Bertz CT molecular complexity index is 528. The first-order chi connectivity index (χ1) is 8.74. The number of hydrazine groups is 1. The average molecular weight is 246 g/mol. The van der Waals surface area contributed by atoms with E-state index in [0.29, 0.717) is 23.2 Å². The molecule has 6 nitrogen and oxygen atoms in total. The summed E-state index contributed by atoms with van der Waals surface area (Å²) in [4.78, 5) is 7.95. The van der Waals surface area contributed by atoms with Crippen molar-refractivity contribution in [3.05, 3.63) is 36.2 Å². The highest BCUT2D eigenvalue weighted by Gasteiger charge is 2.13. The molecule has 2 aromatic rings. The number of nitrogens with one attached hydrogen (secondary N) is 1. The third kappa shape index (κ3) is 2.49. The van der Waals surface area contributed by atoms with Gasteiger partial charge in [-0.15, -0.1) is 0 Å². The van der Waals surface area contributed by atoms with Gasteiger partial charge in [-0.25, -0.2) is 10.8 Å². The highest BCUT2D eigenvalue weighted by molar-refractivity contribution is 5.55. The van der Waals surface area contributed by atoms with E-state index in [9.17, 15) is 0 Å². The van der Waals surface area contributed by atoms with Crippen molar-refractivity contribution in [1.29, 1.82) is 0 Å². The number of nitrogens with zero attached hydrogens (tertiary/aromatic N) is 2. The van der Waals surface area contributed by atoms with Gasteiger partial charge in [0.1, 0.15) is 12.1 Å². The fourth-order valence-corrected chi connectivity index (χ4v) is 1.44. The molecule has 1 aromatic carbocycles. The average Bonchev–Trinajstić information content (AvgIpc) is 2.41. The van der Waals surface area contributed by atoms with E-state index in [2.05, 4.69) is 15.4 Å². The molecule has 0 radical (unpaired) electrons. The fraction of sp³-hybridized carbons (Fsp3) is 0.167. The molecule has 0 aliphatic heterocycles. The number of rotatable bonds is 4. The van der Waals surface area contributed by atoms with Crippen molar-refractivity contribution in [3.63, 3.8) is 0 Å². The van der Waals surface area contributed by atoms with Gasteiger partial charge >= 0.3 is 0 Å². The summed E-state index contributed by atoms with van der Waals surface area (Å²) in [6, 6.07) is 7.61. The number of hydrogen-bond donors (Lipinski definition) is 2. The van der Waals surface area contributed by atoms with Crippen molar-refractivity contribution in [1.82, 2.24) is 9.97 Å². The normalized spacial score (nSPS) is 9.94. The number of hydrogen-bond acceptors (Lipinski definition) is 6. The van der Waals surface area contributed by atoms with Crippen molar-refractivity contribution in [2.45, 2.75) is 6.92 Å². The van der Waals surface area contributed by atoms with Crippen LogP contribution in [0.1, 0.15) is 5.56 Å². The molecule has 0 amide bonds. The largest absolute Gasteiger partial charge is 0.489 e. The molecule has 0 aliphatic carbocycles. The predicted molar refractivity (Wildman–Crippen MR) is 67.6 cm³/mol. The number of ether oxygens (including phenoxy) is 2. The molecule has 2 rings (SSSR count). The van der Waals surface area contributed by atoms with Crippen LogP contribution in [0, 0.1) is 6.92 Å². The number of aromatic nitrogens is 2. The SMILES string of the molecule is COc1c(NN)ncnc1Oc1ccc(C)cc1. The second-order valence-corrected chi connectivity index (χ2v) is 3.62. The topological polar surface area (TPSA) is 82.3 Å². The van der Waals surface area contributed by atoms with Crippen LogP contribution in [-0.4, -0.2) is 17.1 Å². The van der Waals surface area contributed by atoms with Crippen molar-refractivity contribution < 1.29 is 9.47 Å². The molecule has 0 fully saturated rings. The van der Waals surface area contributed by atoms with E-state index in [1.54, 1.807) is 0 Å². The lowest BCUT2D eigenvalue weighted by Gasteiger charge is -2.11. The van der Waals surface area contributed by atoms with Gasteiger partial charge in [0.2, 0.25) is 5.75 Å². The van der Waals surface area contributed by atoms with Crippen LogP contribution < -0.4 is 20.7 Å². The first-order valence-corrected chi connectivity index (χ1v) is 5.34. The van der Waals surface area contributed by atoms with Crippen LogP contribution in [-0.2, 0) is 0 Å². The quantitative estimate of drug-likeness (QED) is 0.633. The van der Waals surface area contributed by atoms with Gasteiger partial charge in [0, 0.05) is 0 Å². The van der Waals surface area contributed by atoms with Gasteiger partial charge in [-0.05, 0) is 19.1 Å². The molecular weight excluding hydrogens is 232 g/mol. The number of nitrogen functional groups attached to an aromatic ring is 1. The summed E-state index contributed by atoms with van der Waals surface area (Å²) in [6.45, 7) is 2.01. The maximum Gasteiger partial charge on any atom is 0.268 e. The van der Waals surface area contributed by atoms with Crippen molar-refractivity contribution in [2.75, 3.05) is 12.5 Å². The van der Waals surface area contributed by atoms with Gasteiger partial charge in [0.25, 0.3) is 5.88 Å². The second-order valence-electron chi connectivity index (χ2n) is 3.62. The van der Waals surface area contributed by atoms with E-state index in [0.717, 1.165) is 5.56 Å². The van der Waals surface area contributed by atoms with Crippen LogP contribution in [0.15, 0.2) is 30.6 Å².